The van der Waals surface area contributed by atoms with Crippen molar-refractivity contribution in [1.82, 2.24) is 5.32 Å². The summed E-state index contributed by atoms with van der Waals surface area (Å²) in [7, 11) is 0. The molecule has 1 N–H and O–H groups in total. The number of hydrogen-bond donors (Lipinski definition) is 1. The number of thioether (sulfide) groups is 1. The third-order valence-electron chi connectivity index (χ3n) is 2.54. The molecule has 1 atom stereocenters. The second kappa shape index (κ2) is 8.44. The van der Waals surface area contributed by atoms with Crippen molar-refractivity contribution in [2.24, 2.45) is 0 Å². The Balaban J connectivity index is 2.21. The molecule has 18 heavy (non-hydrogen) atoms. The Morgan fingerprint density at radius 1 is 1.39 bits per heavy atom. The molecule has 0 aliphatic rings. The van der Waals surface area contributed by atoms with Crippen LogP contribution in [-0.2, 0) is 4.79 Å². The minimum Gasteiger partial charge on any atom is -0.354 e. The number of amides is 1. The Bertz CT molecular complexity index is 367. The van der Waals surface area contributed by atoms with E-state index in [-0.39, 0.29) is 11.9 Å². The van der Waals surface area contributed by atoms with Gasteiger partial charge in [0.2, 0.25) is 5.91 Å². The maximum absolute atomic E-state index is 11.6. The zero-order chi connectivity index (χ0) is 13.4. The second-order valence-corrected chi connectivity index (χ2v) is 5.91. The van der Waals surface area contributed by atoms with Gasteiger partial charge < -0.3 is 5.32 Å². The molecule has 4 heteroatoms. The van der Waals surface area contributed by atoms with E-state index in [4.69, 9.17) is 11.6 Å². The summed E-state index contributed by atoms with van der Waals surface area (Å²) in [6.45, 7) is 4.17. The highest BCUT2D eigenvalue weighted by molar-refractivity contribution is 7.99. The molecule has 1 unspecified atom stereocenters. The lowest BCUT2D eigenvalue weighted by Crippen LogP contribution is -2.32. The van der Waals surface area contributed by atoms with Crippen molar-refractivity contribution in [3.63, 3.8) is 0 Å². The highest BCUT2D eigenvalue weighted by atomic mass is 35.5. The number of carbonyl (C=O) groups is 1. The van der Waals surface area contributed by atoms with Gasteiger partial charge in [-0.15, -0.1) is 11.8 Å². The van der Waals surface area contributed by atoms with Crippen molar-refractivity contribution in [2.45, 2.75) is 44.0 Å². The molecule has 0 heterocycles. The highest BCUT2D eigenvalue weighted by Gasteiger charge is 2.06. The molecule has 1 aromatic rings. The SMILES string of the molecule is CCCC(C)NC(=O)CCSc1ccc(Cl)cc1. The predicted molar refractivity (Wildman–Crippen MR) is 79.3 cm³/mol. The van der Waals surface area contributed by atoms with Gasteiger partial charge in [0.15, 0.2) is 0 Å². The van der Waals surface area contributed by atoms with E-state index in [0.29, 0.717) is 6.42 Å². The van der Waals surface area contributed by atoms with Crippen LogP contribution in [0, 0.1) is 0 Å². The van der Waals surface area contributed by atoms with Crippen molar-refractivity contribution >= 4 is 29.3 Å². The third kappa shape index (κ3) is 6.31. The third-order valence-corrected chi connectivity index (χ3v) is 3.81. The maximum atomic E-state index is 11.6. The number of nitrogens with one attached hydrogen (secondary N) is 1. The maximum Gasteiger partial charge on any atom is 0.221 e. The van der Waals surface area contributed by atoms with Crippen molar-refractivity contribution < 1.29 is 4.79 Å². The molecule has 0 bridgehead atoms. The molecule has 0 saturated carbocycles. The molecule has 0 spiro atoms. The molecular formula is C14H20ClNOS. The first-order valence-corrected chi connectivity index (χ1v) is 7.66. The Morgan fingerprint density at radius 3 is 2.67 bits per heavy atom. The van der Waals surface area contributed by atoms with Crippen LogP contribution in [0.2, 0.25) is 5.02 Å². The molecule has 1 rings (SSSR count). The molecule has 0 aliphatic heterocycles. The van der Waals surface area contributed by atoms with Crippen LogP contribution in [0.25, 0.3) is 0 Å². The molecule has 1 amide bonds. The fourth-order valence-corrected chi connectivity index (χ4v) is 2.62. The van der Waals surface area contributed by atoms with Crippen LogP contribution < -0.4 is 5.32 Å². The average molecular weight is 286 g/mol. The average Bonchev–Trinajstić information content (AvgIpc) is 2.32. The zero-order valence-corrected chi connectivity index (χ0v) is 12.5. The lowest BCUT2D eigenvalue weighted by Gasteiger charge is -2.12. The van der Waals surface area contributed by atoms with Gasteiger partial charge in [-0.1, -0.05) is 24.9 Å². The van der Waals surface area contributed by atoms with Gasteiger partial charge >= 0.3 is 0 Å². The Kier molecular flexibility index (Phi) is 7.21. The first-order valence-electron chi connectivity index (χ1n) is 6.29. The van der Waals surface area contributed by atoms with Crippen molar-refractivity contribution in [1.29, 1.82) is 0 Å². The summed E-state index contributed by atoms with van der Waals surface area (Å²) in [4.78, 5) is 12.8. The Hall–Kier alpha value is -0.670. The summed E-state index contributed by atoms with van der Waals surface area (Å²) in [5, 5.41) is 3.74. The molecule has 0 saturated heterocycles. The Labute approximate surface area is 118 Å². The van der Waals surface area contributed by atoms with E-state index >= 15 is 0 Å². The standard InChI is InChI=1S/C14H20ClNOS/c1-3-4-11(2)16-14(17)9-10-18-13-7-5-12(15)6-8-13/h5-8,11H,3-4,9-10H2,1-2H3,(H,16,17). The van der Waals surface area contributed by atoms with Gasteiger partial charge in [0.1, 0.15) is 0 Å². The van der Waals surface area contributed by atoms with Crippen LogP contribution in [0.4, 0.5) is 0 Å². The Morgan fingerprint density at radius 2 is 2.06 bits per heavy atom. The van der Waals surface area contributed by atoms with Crippen LogP contribution in [0.1, 0.15) is 33.1 Å². The van der Waals surface area contributed by atoms with Gasteiger partial charge in [0.05, 0.1) is 0 Å². The van der Waals surface area contributed by atoms with Crippen LogP contribution in [0.15, 0.2) is 29.2 Å². The number of benzene rings is 1. The molecule has 0 aliphatic carbocycles. The van der Waals surface area contributed by atoms with Crippen LogP contribution >= 0.6 is 23.4 Å². The van der Waals surface area contributed by atoms with E-state index in [1.165, 1.54) is 0 Å². The predicted octanol–water partition coefficient (Wildman–Crippen LogP) is 4.13. The minimum absolute atomic E-state index is 0.136. The largest absolute Gasteiger partial charge is 0.354 e. The topological polar surface area (TPSA) is 29.1 Å². The fourth-order valence-electron chi connectivity index (χ4n) is 1.64. The van der Waals surface area contributed by atoms with E-state index in [2.05, 4.69) is 12.2 Å². The number of hydrogen-bond acceptors (Lipinski definition) is 2. The lowest BCUT2D eigenvalue weighted by atomic mass is 10.2. The summed E-state index contributed by atoms with van der Waals surface area (Å²) < 4.78 is 0. The highest BCUT2D eigenvalue weighted by Crippen LogP contribution is 2.20. The lowest BCUT2D eigenvalue weighted by molar-refractivity contribution is -0.121. The van der Waals surface area contributed by atoms with Gasteiger partial charge in [-0.3, -0.25) is 4.79 Å². The molecule has 100 valence electrons. The van der Waals surface area contributed by atoms with Gasteiger partial charge in [0.25, 0.3) is 0 Å². The quantitative estimate of drug-likeness (QED) is 0.763. The van der Waals surface area contributed by atoms with E-state index in [1.807, 2.05) is 31.2 Å². The fraction of sp³-hybridized carbons (Fsp3) is 0.500. The van der Waals surface area contributed by atoms with Gasteiger partial charge in [-0.05, 0) is 37.6 Å². The molecule has 1 aromatic carbocycles. The first-order chi connectivity index (χ1) is 8.61. The minimum atomic E-state index is 0.136. The van der Waals surface area contributed by atoms with E-state index in [9.17, 15) is 4.79 Å². The van der Waals surface area contributed by atoms with Crippen LogP contribution in [-0.4, -0.2) is 17.7 Å². The molecule has 0 aromatic heterocycles. The number of halogens is 1. The smallest absolute Gasteiger partial charge is 0.221 e. The first kappa shape index (κ1) is 15.4. The summed E-state index contributed by atoms with van der Waals surface area (Å²) in [5.41, 5.74) is 0. The second-order valence-electron chi connectivity index (χ2n) is 4.31. The molecule has 2 nitrogen and oxygen atoms in total. The molecular weight excluding hydrogens is 266 g/mol. The normalized spacial score (nSPS) is 12.2. The summed E-state index contributed by atoms with van der Waals surface area (Å²) in [6, 6.07) is 7.97. The van der Waals surface area contributed by atoms with Crippen molar-refractivity contribution in [3.05, 3.63) is 29.3 Å². The van der Waals surface area contributed by atoms with Crippen LogP contribution in [0.5, 0.6) is 0 Å². The van der Waals surface area contributed by atoms with E-state index in [1.54, 1.807) is 11.8 Å². The van der Waals surface area contributed by atoms with Gasteiger partial charge in [-0.25, -0.2) is 0 Å². The molecule has 0 radical (unpaired) electrons. The van der Waals surface area contributed by atoms with Gasteiger partial charge in [-0.2, -0.15) is 0 Å². The van der Waals surface area contributed by atoms with E-state index < -0.39 is 0 Å². The zero-order valence-electron chi connectivity index (χ0n) is 10.9. The number of rotatable bonds is 7. The van der Waals surface area contributed by atoms with Gasteiger partial charge in [0, 0.05) is 28.1 Å². The summed E-state index contributed by atoms with van der Waals surface area (Å²) in [5.74, 6) is 0.934. The van der Waals surface area contributed by atoms with Crippen molar-refractivity contribution in [3.8, 4) is 0 Å². The van der Waals surface area contributed by atoms with Crippen molar-refractivity contribution in [2.75, 3.05) is 5.75 Å². The monoisotopic (exact) mass is 285 g/mol. The summed E-state index contributed by atoms with van der Waals surface area (Å²) >= 11 is 7.49. The number of carbonyl (C=O) groups excluding carboxylic acids is 1. The molecule has 0 fully saturated rings. The summed E-state index contributed by atoms with van der Waals surface area (Å²) in [6.07, 6.45) is 2.69. The van der Waals surface area contributed by atoms with Crippen LogP contribution in [0.3, 0.4) is 0 Å². The van der Waals surface area contributed by atoms with E-state index in [0.717, 1.165) is 28.5 Å².